The van der Waals surface area contributed by atoms with E-state index in [0.717, 1.165) is 19.6 Å². The molecule has 2 rings (SSSR count). The monoisotopic (exact) mass is 281 g/mol. The fraction of sp³-hybridized carbons (Fsp3) is 0.800. The van der Waals surface area contributed by atoms with Gasteiger partial charge in [-0.1, -0.05) is 20.8 Å². The van der Waals surface area contributed by atoms with Crippen LogP contribution in [0.5, 0.6) is 0 Å². The SMILES string of the molecule is CCCNC(C)c1cnc(N2CCC(C)(C)CC2)s1. The molecule has 1 atom stereocenters. The highest BCUT2D eigenvalue weighted by Gasteiger charge is 2.26. The number of hydrogen-bond donors (Lipinski definition) is 1. The summed E-state index contributed by atoms with van der Waals surface area (Å²) in [5, 5.41) is 4.73. The van der Waals surface area contributed by atoms with Gasteiger partial charge < -0.3 is 10.2 Å². The second kappa shape index (κ2) is 6.23. The number of nitrogens with one attached hydrogen (secondary N) is 1. The average Bonchev–Trinajstić information content (AvgIpc) is 2.85. The molecule has 0 aliphatic carbocycles. The standard InChI is InChI=1S/C15H27N3S/c1-5-8-16-12(2)13-11-17-14(19-13)18-9-6-15(3,4)7-10-18/h11-12,16H,5-10H2,1-4H3. The molecule has 4 heteroatoms. The molecule has 1 fully saturated rings. The molecule has 0 aromatic carbocycles. The van der Waals surface area contributed by atoms with Crippen LogP contribution >= 0.6 is 11.3 Å². The maximum Gasteiger partial charge on any atom is 0.185 e. The molecule has 1 aliphatic heterocycles. The van der Waals surface area contributed by atoms with Gasteiger partial charge in [0.05, 0.1) is 0 Å². The predicted octanol–water partition coefficient (Wildman–Crippen LogP) is 3.83. The van der Waals surface area contributed by atoms with Gasteiger partial charge in [0.1, 0.15) is 0 Å². The third-order valence-corrected chi connectivity index (χ3v) is 5.27. The Morgan fingerprint density at radius 3 is 2.74 bits per heavy atom. The molecule has 0 saturated carbocycles. The fourth-order valence-electron chi connectivity index (χ4n) is 2.39. The van der Waals surface area contributed by atoms with Gasteiger partial charge in [0.25, 0.3) is 0 Å². The van der Waals surface area contributed by atoms with Crippen molar-refractivity contribution in [2.24, 2.45) is 5.41 Å². The molecule has 1 saturated heterocycles. The summed E-state index contributed by atoms with van der Waals surface area (Å²) in [5.41, 5.74) is 0.507. The van der Waals surface area contributed by atoms with Crippen molar-refractivity contribution in [3.05, 3.63) is 11.1 Å². The molecule has 1 N–H and O–H groups in total. The van der Waals surface area contributed by atoms with Crippen LogP contribution in [-0.2, 0) is 0 Å². The summed E-state index contributed by atoms with van der Waals surface area (Å²) in [5.74, 6) is 0. The second-order valence-electron chi connectivity index (χ2n) is 6.37. The molecule has 0 amide bonds. The van der Waals surface area contributed by atoms with Crippen molar-refractivity contribution in [1.29, 1.82) is 0 Å². The molecule has 108 valence electrons. The molecule has 3 nitrogen and oxygen atoms in total. The number of aromatic nitrogens is 1. The molecule has 0 spiro atoms. The van der Waals surface area contributed by atoms with Crippen LogP contribution in [0.1, 0.15) is 57.9 Å². The lowest BCUT2D eigenvalue weighted by molar-refractivity contribution is 0.280. The topological polar surface area (TPSA) is 28.2 Å². The first-order valence-electron chi connectivity index (χ1n) is 7.46. The van der Waals surface area contributed by atoms with E-state index in [1.54, 1.807) is 0 Å². The third-order valence-electron chi connectivity index (χ3n) is 4.03. The molecule has 1 aromatic heterocycles. The highest BCUT2D eigenvalue weighted by atomic mass is 32.1. The summed E-state index contributed by atoms with van der Waals surface area (Å²) in [6, 6.07) is 0.424. The first kappa shape index (κ1) is 14.8. The summed E-state index contributed by atoms with van der Waals surface area (Å²) in [6.07, 6.45) is 5.77. The van der Waals surface area contributed by atoms with Crippen molar-refractivity contribution in [3.8, 4) is 0 Å². The summed E-state index contributed by atoms with van der Waals surface area (Å²) in [6.45, 7) is 12.5. The van der Waals surface area contributed by atoms with Crippen LogP contribution in [0.15, 0.2) is 6.20 Å². The van der Waals surface area contributed by atoms with Crippen molar-refractivity contribution in [1.82, 2.24) is 10.3 Å². The quantitative estimate of drug-likeness (QED) is 0.889. The number of rotatable bonds is 5. The van der Waals surface area contributed by atoms with Gasteiger partial charge in [0.2, 0.25) is 0 Å². The minimum Gasteiger partial charge on any atom is -0.348 e. The molecular weight excluding hydrogens is 254 g/mol. The van der Waals surface area contributed by atoms with E-state index in [0.29, 0.717) is 11.5 Å². The third kappa shape index (κ3) is 3.93. The maximum atomic E-state index is 4.62. The van der Waals surface area contributed by atoms with E-state index >= 15 is 0 Å². The van der Waals surface area contributed by atoms with E-state index in [1.807, 2.05) is 17.5 Å². The Morgan fingerprint density at radius 2 is 2.11 bits per heavy atom. The van der Waals surface area contributed by atoms with E-state index in [4.69, 9.17) is 0 Å². The van der Waals surface area contributed by atoms with Gasteiger partial charge in [-0.05, 0) is 38.1 Å². The minimum atomic E-state index is 0.424. The van der Waals surface area contributed by atoms with Gasteiger partial charge in [0, 0.05) is 30.2 Å². The van der Waals surface area contributed by atoms with Gasteiger partial charge in [-0.15, -0.1) is 11.3 Å². The number of thiazole rings is 1. The number of nitrogens with zero attached hydrogens (tertiary/aromatic N) is 2. The number of hydrogen-bond acceptors (Lipinski definition) is 4. The van der Waals surface area contributed by atoms with Crippen molar-refractivity contribution < 1.29 is 0 Å². The molecule has 19 heavy (non-hydrogen) atoms. The van der Waals surface area contributed by atoms with E-state index in [2.05, 4.69) is 42.9 Å². The van der Waals surface area contributed by atoms with Crippen LogP contribution in [-0.4, -0.2) is 24.6 Å². The maximum absolute atomic E-state index is 4.62. The molecule has 0 bridgehead atoms. The van der Waals surface area contributed by atoms with Crippen LogP contribution in [0.4, 0.5) is 5.13 Å². The Labute approximate surface area is 121 Å². The Morgan fingerprint density at radius 1 is 1.42 bits per heavy atom. The number of anilines is 1. The zero-order valence-corrected chi connectivity index (χ0v) is 13.5. The Balaban J connectivity index is 1.94. The first-order chi connectivity index (χ1) is 9.02. The molecule has 0 radical (unpaired) electrons. The highest BCUT2D eigenvalue weighted by Crippen LogP contribution is 2.34. The largest absolute Gasteiger partial charge is 0.348 e. The summed E-state index contributed by atoms with van der Waals surface area (Å²) in [7, 11) is 0. The van der Waals surface area contributed by atoms with E-state index in [1.165, 1.54) is 29.3 Å². The molecule has 1 aliphatic rings. The Bertz CT molecular complexity index is 390. The van der Waals surface area contributed by atoms with Crippen LogP contribution in [0.2, 0.25) is 0 Å². The van der Waals surface area contributed by atoms with Crippen molar-refractivity contribution in [3.63, 3.8) is 0 Å². The van der Waals surface area contributed by atoms with Gasteiger partial charge in [-0.25, -0.2) is 4.98 Å². The molecule has 1 aromatic rings. The van der Waals surface area contributed by atoms with Gasteiger partial charge in [-0.2, -0.15) is 0 Å². The first-order valence-corrected chi connectivity index (χ1v) is 8.27. The highest BCUT2D eigenvalue weighted by molar-refractivity contribution is 7.15. The normalized spacial score (nSPS) is 20.5. The zero-order chi connectivity index (χ0) is 13.9. The summed E-state index contributed by atoms with van der Waals surface area (Å²) < 4.78 is 0. The molecule has 2 heterocycles. The van der Waals surface area contributed by atoms with Crippen LogP contribution < -0.4 is 10.2 Å². The van der Waals surface area contributed by atoms with Gasteiger partial charge in [-0.3, -0.25) is 0 Å². The van der Waals surface area contributed by atoms with E-state index in [9.17, 15) is 0 Å². The predicted molar refractivity (Wildman–Crippen MR) is 84.1 cm³/mol. The van der Waals surface area contributed by atoms with Gasteiger partial charge in [0.15, 0.2) is 5.13 Å². The molecular formula is C15H27N3S. The minimum absolute atomic E-state index is 0.424. The second-order valence-corrected chi connectivity index (χ2v) is 7.41. The summed E-state index contributed by atoms with van der Waals surface area (Å²) >= 11 is 1.85. The lowest BCUT2D eigenvalue weighted by Gasteiger charge is -2.36. The van der Waals surface area contributed by atoms with Crippen molar-refractivity contribution in [2.45, 2.75) is 53.0 Å². The molecule has 1 unspecified atom stereocenters. The van der Waals surface area contributed by atoms with Crippen molar-refractivity contribution in [2.75, 3.05) is 24.5 Å². The van der Waals surface area contributed by atoms with Crippen LogP contribution in [0, 0.1) is 5.41 Å². The Kier molecular flexibility index (Phi) is 4.85. The zero-order valence-electron chi connectivity index (χ0n) is 12.7. The van der Waals surface area contributed by atoms with E-state index in [-0.39, 0.29) is 0 Å². The summed E-state index contributed by atoms with van der Waals surface area (Å²) in [4.78, 5) is 8.43. The fourth-order valence-corrected chi connectivity index (χ4v) is 3.38. The Hall–Kier alpha value is -0.610. The van der Waals surface area contributed by atoms with Crippen molar-refractivity contribution >= 4 is 16.5 Å². The lowest BCUT2D eigenvalue weighted by Crippen LogP contribution is -2.37. The van der Waals surface area contributed by atoms with Gasteiger partial charge >= 0.3 is 0 Å². The van der Waals surface area contributed by atoms with E-state index < -0.39 is 0 Å². The lowest BCUT2D eigenvalue weighted by atomic mass is 9.83. The van der Waals surface area contributed by atoms with Crippen LogP contribution in [0.25, 0.3) is 0 Å². The average molecular weight is 281 g/mol. The van der Waals surface area contributed by atoms with Crippen LogP contribution in [0.3, 0.4) is 0 Å². The number of piperidine rings is 1. The smallest absolute Gasteiger partial charge is 0.185 e.